The lowest BCUT2D eigenvalue weighted by molar-refractivity contribution is 0.102. The van der Waals surface area contributed by atoms with Crippen LogP contribution in [-0.2, 0) is 10.0 Å². The summed E-state index contributed by atoms with van der Waals surface area (Å²) in [6, 6.07) is 13.3. The quantitative estimate of drug-likeness (QED) is 0.942. The summed E-state index contributed by atoms with van der Waals surface area (Å²) in [6.07, 6.45) is 0. The fourth-order valence-corrected chi connectivity index (χ4v) is 2.80. The second-order valence-corrected chi connectivity index (χ2v) is 7.29. The van der Waals surface area contributed by atoms with Crippen molar-refractivity contribution in [2.45, 2.75) is 11.8 Å². The number of hydrogen-bond donors (Lipinski definition) is 1. The zero-order chi connectivity index (χ0) is 16.3. The van der Waals surface area contributed by atoms with Crippen LogP contribution in [0.4, 0.5) is 5.69 Å². The first kappa shape index (κ1) is 16.2. The van der Waals surface area contributed by atoms with Crippen LogP contribution in [0, 0.1) is 6.92 Å². The molecular weight excluding hydrogens is 300 g/mol. The molecule has 0 aromatic heterocycles. The first-order valence-corrected chi connectivity index (χ1v) is 8.15. The van der Waals surface area contributed by atoms with Crippen molar-refractivity contribution >= 4 is 21.6 Å². The Bertz CT molecular complexity index is 781. The van der Waals surface area contributed by atoms with Gasteiger partial charge in [0.25, 0.3) is 5.91 Å². The molecule has 6 heteroatoms. The van der Waals surface area contributed by atoms with Crippen molar-refractivity contribution < 1.29 is 13.2 Å². The standard InChI is InChI=1S/C16H18N2O3S/c1-12-7-9-13(10-8-12)16(19)17-14-5-4-6-15(11-14)22(20,21)18(2)3/h4-11H,1-3H3,(H,17,19). The number of nitrogens with zero attached hydrogens (tertiary/aromatic N) is 1. The van der Waals surface area contributed by atoms with E-state index in [1.165, 1.54) is 26.2 Å². The van der Waals surface area contributed by atoms with Crippen LogP contribution in [0.3, 0.4) is 0 Å². The molecule has 0 unspecified atom stereocenters. The highest BCUT2D eigenvalue weighted by Gasteiger charge is 2.17. The molecule has 22 heavy (non-hydrogen) atoms. The summed E-state index contributed by atoms with van der Waals surface area (Å²) >= 11 is 0. The van der Waals surface area contributed by atoms with Gasteiger partial charge < -0.3 is 5.32 Å². The summed E-state index contributed by atoms with van der Waals surface area (Å²) < 4.78 is 25.3. The largest absolute Gasteiger partial charge is 0.322 e. The number of anilines is 1. The zero-order valence-corrected chi connectivity index (χ0v) is 13.5. The molecule has 0 aliphatic heterocycles. The van der Waals surface area contributed by atoms with Crippen LogP contribution in [0.1, 0.15) is 15.9 Å². The Morgan fingerprint density at radius 3 is 2.27 bits per heavy atom. The highest BCUT2D eigenvalue weighted by Crippen LogP contribution is 2.18. The minimum atomic E-state index is -3.52. The molecule has 0 fully saturated rings. The topological polar surface area (TPSA) is 66.5 Å². The van der Waals surface area contributed by atoms with E-state index in [-0.39, 0.29) is 10.8 Å². The lowest BCUT2D eigenvalue weighted by atomic mass is 10.1. The van der Waals surface area contributed by atoms with Gasteiger partial charge in [-0.05, 0) is 37.3 Å². The molecular formula is C16H18N2O3S. The Kier molecular flexibility index (Phi) is 4.63. The molecule has 0 saturated carbocycles. The minimum Gasteiger partial charge on any atom is -0.322 e. The molecule has 0 radical (unpaired) electrons. The molecule has 0 spiro atoms. The van der Waals surface area contributed by atoms with Gasteiger partial charge >= 0.3 is 0 Å². The number of nitrogens with one attached hydrogen (secondary N) is 1. The Balaban J connectivity index is 2.24. The van der Waals surface area contributed by atoms with E-state index in [9.17, 15) is 13.2 Å². The lowest BCUT2D eigenvalue weighted by Gasteiger charge is -2.12. The van der Waals surface area contributed by atoms with Crippen molar-refractivity contribution in [3.05, 3.63) is 59.7 Å². The van der Waals surface area contributed by atoms with Gasteiger partial charge in [-0.15, -0.1) is 0 Å². The monoisotopic (exact) mass is 318 g/mol. The first-order chi connectivity index (χ1) is 10.3. The zero-order valence-electron chi connectivity index (χ0n) is 12.7. The molecule has 0 heterocycles. The fourth-order valence-electron chi connectivity index (χ4n) is 1.85. The molecule has 0 aliphatic rings. The number of benzene rings is 2. The van der Waals surface area contributed by atoms with Gasteiger partial charge in [-0.2, -0.15) is 0 Å². The summed E-state index contributed by atoms with van der Waals surface area (Å²) in [6.45, 7) is 1.94. The van der Waals surface area contributed by atoms with E-state index in [0.717, 1.165) is 9.87 Å². The number of rotatable bonds is 4. The summed E-state index contributed by atoms with van der Waals surface area (Å²) in [5, 5.41) is 2.71. The van der Waals surface area contributed by atoms with Crippen LogP contribution in [0.25, 0.3) is 0 Å². The maximum Gasteiger partial charge on any atom is 0.255 e. The average molecular weight is 318 g/mol. The number of carbonyl (C=O) groups is 1. The van der Waals surface area contributed by atoms with E-state index in [4.69, 9.17) is 0 Å². The van der Waals surface area contributed by atoms with Crippen molar-refractivity contribution in [3.8, 4) is 0 Å². The highest BCUT2D eigenvalue weighted by molar-refractivity contribution is 7.89. The van der Waals surface area contributed by atoms with Gasteiger partial charge in [0, 0.05) is 25.3 Å². The fraction of sp³-hybridized carbons (Fsp3) is 0.188. The van der Waals surface area contributed by atoms with Crippen molar-refractivity contribution in [1.82, 2.24) is 4.31 Å². The third-order valence-electron chi connectivity index (χ3n) is 3.18. The Labute approximate surface area is 130 Å². The lowest BCUT2D eigenvalue weighted by Crippen LogP contribution is -2.22. The van der Waals surface area contributed by atoms with Gasteiger partial charge in [-0.3, -0.25) is 4.79 Å². The van der Waals surface area contributed by atoms with Crippen molar-refractivity contribution in [1.29, 1.82) is 0 Å². The Morgan fingerprint density at radius 2 is 1.68 bits per heavy atom. The number of sulfonamides is 1. The van der Waals surface area contributed by atoms with Crippen LogP contribution in [-0.4, -0.2) is 32.7 Å². The number of carbonyl (C=O) groups excluding carboxylic acids is 1. The first-order valence-electron chi connectivity index (χ1n) is 6.71. The summed E-state index contributed by atoms with van der Waals surface area (Å²) in [4.78, 5) is 12.3. The van der Waals surface area contributed by atoms with Crippen molar-refractivity contribution in [2.24, 2.45) is 0 Å². The number of hydrogen-bond acceptors (Lipinski definition) is 3. The maximum atomic E-state index is 12.1. The molecule has 0 bridgehead atoms. The molecule has 0 aliphatic carbocycles. The summed E-state index contributed by atoms with van der Waals surface area (Å²) in [5.74, 6) is -0.278. The third kappa shape index (κ3) is 3.52. The SMILES string of the molecule is Cc1ccc(C(=O)Nc2cccc(S(=O)(=O)N(C)C)c2)cc1. The molecule has 5 nitrogen and oxygen atoms in total. The number of aryl methyl sites for hydroxylation is 1. The second-order valence-electron chi connectivity index (χ2n) is 5.14. The Morgan fingerprint density at radius 1 is 1.05 bits per heavy atom. The van der Waals surface area contributed by atoms with Crippen molar-refractivity contribution in [2.75, 3.05) is 19.4 Å². The molecule has 0 saturated heterocycles. The Hall–Kier alpha value is -2.18. The highest BCUT2D eigenvalue weighted by atomic mass is 32.2. The smallest absolute Gasteiger partial charge is 0.255 e. The van der Waals surface area contributed by atoms with Gasteiger partial charge in [-0.25, -0.2) is 12.7 Å². The van der Waals surface area contributed by atoms with Gasteiger partial charge in [0.15, 0.2) is 0 Å². The molecule has 0 atom stereocenters. The predicted molar refractivity (Wildman–Crippen MR) is 86.4 cm³/mol. The van der Waals surface area contributed by atoms with E-state index in [1.54, 1.807) is 24.3 Å². The third-order valence-corrected chi connectivity index (χ3v) is 5.00. The van der Waals surface area contributed by atoms with Crippen LogP contribution < -0.4 is 5.32 Å². The molecule has 2 aromatic rings. The second kappa shape index (κ2) is 6.29. The molecule has 116 valence electrons. The van der Waals surface area contributed by atoms with Gasteiger partial charge in [0.05, 0.1) is 4.90 Å². The predicted octanol–water partition coefficient (Wildman–Crippen LogP) is 2.50. The van der Waals surface area contributed by atoms with Crippen LogP contribution in [0.15, 0.2) is 53.4 Å². The molecule has 2 aromatic carbocycles. The average Bonchev–Trinajstić information content (AvgIpc) is 2.48. The van der Waals surface area contributed by atoms with E-state index < -0.39 is 10.0 Å². The molecule has 1 amide bonds. The molecule has 2 rings (SSSR count). The van der Waals surface area contributed by atoms with Gasteiger partial charge in [0.1, 0.15) is 0 Å². The van der Waals surface area contributed by atoms with E-state index in [1.807, 2.05) is 19.1 Å². The maximum absolute atomic E-state index is 12.1. The van der Waals surface area contributed by atoms with Gasteiger partial charge in [-0.1, -0.05) is 23.8 Å². The van der Waals surface area contributed by atoms with Crippen LogP contribution >= 0.6 is 0 Å². The summed E-state index contributed by atoms with van der Waals surface area (Å²) in [7, 11) is -0.593. The van der Waals surface area contributed by atoms with E-state index >= 15 is 0 Å². The van der Waals surface area contributed by atoms with Crippen molar-refractivity contribution in [3.63, 3.8) is 0 Å². The number of amides is 1. The minimum absolute atomic E-state index is 0.138. The van der Waals surface area contributed by atoms with Crippen LogP contribution in [0.5, 0.6) is 0 Å². The van der Waals surface area contributed by atoms with Gasteiger partial charge in [0.2, 0.25) is 10.0 Å². The summed E-state index contributed by atoms with van der Waals surface area (Å²) in [5.41, 5.74) is 2.02. The normalized spacial score (nSPS) is 11.5. The van der Waals surface area contributed by atoms with E-state index in [0.29, 0.717) is 11.3 Å². The van der Waals surface area contributed by atoms with E-state index in [2.05, 4.69) is 5.32 Å². The van der Waals surface area contributed by atoms with Crippen LogP contribution in [0.2, 0.25) is 0 Å². The molecule has 1 N–H and O–H groups in total.